The smallest absolute Gasteiger partial charge is 0.0697 e. The summed E-state index contributed by atoms with van der Waals surface area (Å²) in [5.74, 6) is 0. The topological polar surface area (TPSA) is 30.3 Å². The zero-order valence-electron chi connectivity index (χ0n) is 11.1. The van der Waals surface area contributed by atoms with Crippen LogP contribution in [0.4, 0.5) is 0 Å². The molecule has 1 aliphatic rings. The molecule has 0 amide bonds. The number of hydrogen-bond donors (Lipinski definition) is 0. The average Bonchev–Trinajstić information content (AvgIpc) is 2.74. The monoisotopic (exact) mass is 323 g/mol. The molecule has 4 nitrogen and oxygen atoms in total. The van der Waals surface area contributed by atoms with Crippen LogP contribution in [0.5, 0.6) is 0 Å². The molecule has 2 heterocycles. The zero-order chi connectivity index (χ0) is 13.2. The van der Waals surface area contributed by atoms with Gasteiger partial charge in [-0.15, -0.1) is 0 Å². The Morgan fingerprint density at radius 2 is 2.05 bits per heavy atom. The van der Waals surface area contributed by atoms with Gasteiger partial charge in [0.25, 0.3) is 0 Å². The summed E-state index contributed by atoms with van der Waals surface area (Å²) >= 11 is 3.54. The van der Waals surface area contributed by atoms with Gasteiger partial charge in [-0.3, -0.25) is 9.58 Å². The van der Waals surface area contributed by atoms with E-state index in [4.69, 9.17) is 4.74 Å². The summed E-state index contributed by atoms with van der Waals surface area (Å²) in [6.45, 7) is 7.80. The fourth-order valence-corrected chi connectivity index (χ4v) is 2.89. The third kappa shape index (κ3) is 2.83. The normalized spacial score (nSPS) is 17.2. The number of halogens is 1. The number of fused-ring (bicyclic) bond motifs is 1. The van der Waals surface area contributed by atoms with Gasteiger partial charge in [-0.1, -0.05) is 15.9 Å². The number of aryl methyl sites for hydroxylation is 1. The maximum Gasteiger partial charge on any atom is 0.0697 e. The molecule has 0 aliphatic carbocycles. The summed E-state index contributed by atoms with van der Waals surface area (Å²) in [4.78, 5) is 2.43. The van der Waals surface area contributed by atoms with Crippen molar-refractivity contribution in [2.45, 2.75) is 13.5 Å². The molecule has 0 atom stereocenters. The van der Waals surface area contributed by atoms with Gasteiger partial charge in [-0.25, -0.2) is 0 Å². The molecule has 0 unspecified atom stereocenters. The lowest BCUT2D eigenvalue weighted by Gasteiger charge is -2.26. The lowest BCUT2D eigenvalue weighted by molar-refractivity contribution is 0.0361. The predicted molar refractivity (Wildman–Crippen MR) is 79.4 cm³/mol. The minimum atomic E-state index is 0.852. The number of morpholine rings is 1. The van der Waals surface area contributed by atoms with E-state index in [1.54, 1.807) is 0 Å². The van der Waals surface area contributed by atoms with Crippen LogP contribution in [-0.4, -0.2) is 47.5 Å². The quantitative estimate of drug-likeness (QED) is 0.869. The molecule has 1 saturated heterocycles. The van der Waals surface area contributed by atoms with Gasteiger partial charge < -0.3 is 4.74 Å². The molecule has 0 spiro atoms. The Balaban J connectivity index is 1.78. The van der Waals surface area contributed by atoms with Crippen LogP contribution < -0.4 is 0 Å². The second-order valence-electron chi connectivity index (χ2n) is 4.92. The fourth-order valence-electron chi connectivity index (χ4n) is 2.54. The van der Waals surface area contributed by atoms with Crippen molar-refractivity contribution in [1.82, 2.24) is 14.7 Å². The summed E-state index contributed by atoms with van der Waals surface area (Å²) in [5.41, 5.74) is 2.31. The van der Waals surface area contributed by atoms with Gasteiger partial charge in [-0.2, -0.15) is 5.10 Å². The molecule has 0 radical (unpaired) electrons. The van der Waals surface area contributed by atoms with Crippen molar-refractivity contribution in [3.05, 3.63) is 28.4 Å². The van der Waals surface area contributed by atoms with Crippen LogP contribution in [0.3, 0.4) is 0 Å². The first kappa shape index (κ1) is 13.1. The van der Waals surface area contributed by atoms with Crippen LogP contribution in [0.1, 0.15) is 5.69 Å². The Morgan fingerprint density at radius 1 is 1.26 bits per heavy atom. The first-order valence-corrected chi connectivity index (χ1v) is 7.46. The fraction of sp³-hybridized carbons (Fsp3) is 0.500. The summed E-state index contributed by atoms with van der Waals surface area (Å²) in [6, 6.07) is 6.35. The number of nitrogens with zero attached hydrogens (tertiary/aromatic N) is 3. The summed E-state index contributed by atoms with van der Waals surface area (Å²) in [7, 11) is 0. The van der Waals surface area contributed by atoms with E-state index in [9.17, 15) is 0 Å². The summed E-state index contributed by atoms with van der Waals surface area (Å²) in [5, 5.41) is 5.89. The molecular weight excluding hydrogens is 306 g/mol. The molecule has 3 rings (SSSR count). The molecule has 19 heavy (non-hydrogen) atoms. The molecule has 5 heteroatoms. The highest BCUT2D eigenvalue weighted by atomic mass is 79.9. The van der Waals surface area contributed by atoms with E-state index in [1.165, 1.54) is 10.9 Å². The van der Waals surface area contributed by atoms with Gasteiger partial charge in [0.05, 0.1) is 31.0 Å². The van der Waals surface area contributed by atoms with E-state index in [0.717, 1.165) is 49.6 Å². The largest absolute Gasteiger partial charge is 0.379 e. The maximum atomic E-state index is 5.37. The SMILES string of the molecule is Cc1nn(CCN2CCOCC2)c2cc(Br)ccc12. The van der Waals surface area contributed by atoms with Gasteiger partial charge >= 0.3 is 0 Å². The van der Waals surface area contributed by atoms with Gasteiger partial charge in [0, 0.05) is 29.5 Å². The van der Waals surface area contributed by atoms with Crippen molar-refractivity contribution >= 4 is 26.8 Å². The number of hydrogen-bond acceptors (Lipinski definition) is 3. The Kier molecular flexibility index (Phi) is 3.86. The van der Waals surface area contributed by atoms with E-state index < -0.39 is 0 Å². The van der Waals surface area contributed by atoms with Gasteiger partial charge in [0.2, 0.25) is 0 Å². The third-order valence-electron chi connectivity index (χ3n) is 3.63. The number of aromatic nitrogens is 2. The standard InChI is InChI=1S/C14H18BrN3O/c1-11-13-3-2-12(15)10-14(13)18(16-11)5-4-17-6-8-19-9-7-17/h2-3,10H,4-9H2,1H3. The van der Waals surface area contributed by atoms with Crippen LogP contribution in [0, 0.1) is 6.92 Å². The van der Waals surface area contributed by atoms with E-state index >= 15 is 0 Å². The summed E-state index contributed by atoms with van der Waals surface area (Å²) in [6.07, 6.45) is 0. The highest BCUT2D eigenvalue weighted by Gasteiger charge is 2.12. The minimum absolute atomic E-state index is 0.852. The van der Waals surface area contributed by atoms with Crippen molar-refractivity contribution < 1.29 is 4.74 Å². The van der Waals surface area contributed by atoms with Crippen molar-refractivity contribution in [2.24, 2.45) is 0 Å². The second-order valence-corrected chi connectivity index (χ2v) is 5.84. The molecule has 1 aliphatic heterocycles. The number of benzene rings is 1. The Hall–Kier alpha value is -0.910. The van der Waals surface area contributed by atoms with Crippen LogP contribution >= 0.6 is 15.9 Å². The Bertz CT molecular complexity index is 575. The van der Waals surface area contributed by atoms with Gasteiger partial charge in [0.15, 0.2) is 0 Å². The average molecular weight is 324 g/mol. The van der Waals surface area contributed by atoms with Crippen molar-refractivity contribution in [1.29, 1.82) is 0 Å². The van der Waals surface area contributed by atoms with Crippen molar-refractivity contribution in [3.63, 3.8) is 0 Å². The molecule has 0 saturated carbocycles. The van der Waals surface area contributed by atoms with Crippen LogP contribution in [0.2, 0.25) is 0 Å². The molecule has 1 aromatic carbocycles. The second kappa shape index (κ2) is 5.61. The van der Waals surface area contributed by atoms with Crippen LogP contribution in [-0.2, 0) is 11.3 Å². The Labute approximate surface area is 121 Å². The predicted octanol–water partition coefficient (Wildman–Crippen LogP) is 2.44. The first-order valence-electron chi connectivity index (χ1n) is 6.67. The van der Waals surface area contributed by atoms with E-state index in [-0.39, 0.29) is 0 Å². The van der Waals surface area contributed by atoms with Crippen molar-refractivity contribution in [2.75, 3.05) is 32.8 Å². The number of ether oxygens (including phenoxy) is 1. The van der Waals surface area contributed by atoms with Crippen LogP contribution in [0.15, 0.2) is 22.7 Å². The molecule has 2 aromatic rings. The number of rotatable bonds is 3. The molecule has 0 bridgehead atoms. The molecular formula is C14H18BrN3O. The van der Waals surface area contributed by atoms with E-state index in [0.29, 0.717) is 0 Å². The molecule has 0 N–H and O–H groups in total. The van der Waals surface area contributed by atoms with Gasteiger partial charge in [0.1, 0.15) is 0 Å². The molecule has 1 aromatic heterocycles. The molecule has 102 valence electrons. The zero-order valence-corrected chi connectivity index (χ0v) is 12.7. The van der Waals surface area contributed by atoms with E-state index in [1.807, 2.05) is 0 Å². The lowest BCUT2D eigenvalue weighted by Crippen LogP contribution is -2.38. The van der Waals surface area contributed by atoms with Crippen molar-refractivity contribution in [3.8, 4) is 0 Å². The highest BCUT2D eigenvalue weighted by Crippen LogP contribution is 2.22. The Morgan fingerprint density at radius 3 is 2.84 bits per heavy atom. The molecule has 1 fully saturated rings. The highest BCUT2D eigenvalue weighted by molar-refractivity contribution is 9.10. The first-order chi connectivity index (χ1) is 9.24. The van der Waals surface area contributed by atoms with Gasteiger partial charge in [-0.05, 0) is 25.1 Å². The van der Waals surface area contributed by atoms with E-state index in [2.05, 4.69) is 55.7 Å². The maximum absolute atomic E-state index is 5.37. The lowest BCUT2D eigenvalue weighted by atomic mass is 10.2. The van der Waals surface area contributed by atoms with Crippen LogP contribution in [0.25, 0.3) is 10.9 Å². The third-order valence-corrected chi connectivity index (χ3v) is 4.12. The summed E-state index contributed by atoms with van der Waals surface area (Å²) < 4.78 is 8.59. The minimum Gasteiger partial charge on any atom is -0.379 e.